The van der Waals surface area contributed by atoms with Crippen molar-refractivity contribution in [3.05, 3.63) is 91.3 Å². The molecule has 0 saturated heterocycles. The molecule has 0 aliphatic carbocycles. The Morgan fingerprint density at radius 3 is 1.90 bits per heavy atom. The van der Waals surface area contributed by atoms with Crippen molar-refractivity contribution in [2.75, 3.05) is 17.3 Å². The normalized spacial score (nSPS) is 12.7. The largest absolute Gasteiger partial charge is 0.435 e. The fraction of sp³-hybridized carbons (Fsp3) is 0.200. The quantitative estimate of drug-likeness (QED) is 0.210. The number of anilines is 2. The zero-order valence-corrected chi connectivity index (χ0v) is 23.3. The maximum absolute atomic E-state index is 15.3. The Morgan fingerprint density at radius 1 is 0.857 bits per heavy atom. The minimum absolute atomic E-state index is 0.0438. The average Bonchev–Trinajstić information content (AvgIpc) is 2.86. The number of carbonyl (C=O) groups is 2. The Balaban J connectivity index is 2.07. The molecule has 42 heavy (non-hydrogen) atoms. The molecule has 3 aromatic rings. The minimum Gasteiger partial charge on any atom is -0.320 e. The maximum atomic E-state index is 15.3. The number of rotatable bonds is 5. The molecule has 0 fully saturated rings. The van der Waals surface area contributed by atoms with Crippen LogP contribution in [0.4, 0.5) is 59.7 Å². The zero-order chi connectivity index (χ0) is 32.0. The lowest BCUT2D eigenvalue weighted by Crippen LogP contribution is -2.50. The third-order valence-electron chi connectivity index (χ3n) is 5.79. The minimum atomic E-state index is -6.71. The Kier molecular flexibility index (Phi) is 9.13. The van der Waals surface area contributed by atoms with Crippen molar-refractivity contribution < 1.29 is 57.9 Å². The lowest BCUT2D eigenvalue weighted by Gasteiger charge is -2.31. The van der Waals surface area contributed by atoms with Gasteiger partial charge in [-0.05, 0) is 71.1 Å². The van der Waals surface area contributed by atoms with Crippen LogP contribution in [0, 0.1) is 9.39 Å². The van der Waals surface area contributed by atoms with Gasteiger partial charge in [0, 0.05) is 26.8 Å². The molecule has 0 radical (unpaired) electrons. The predicted molar refractivity (Wildman–Crippen MR) is 138 cm³/mol. The van der Waals surface area contributed by atoms with Crippen LogP contribution in [0.2, 0.25) is 5.02 Å². The number of nitrogens with one attached hydrogen (secondary N) is 1. The summed E-state index contributed by atoms with van der Waals surface area (Å²) in [6, 6.07) is 7.35. The molecule has 3 aromatic carbocycles. The van der Waals surface area contributed by atoms with Gasteiger partial charge in [-0.3, -0.25) is 9.59 Å². The molecule has 0 spiro atoms. The van der Waals surface area contributed by atoms with Crippen LogP contribution in [0.1, 0.15) is 31.8 Å². The third-order valence-corrected chi connectivity index (χ3v) is 6.90. The first-order chi connectivity index (χ1) is 19.1. The van der Waals surface area contributed by atoms with Crippen molar-refractivity contribution in [3.63, 3.8) is 0 Å². The number of hydrogen-bond acceptors (Lipinski definition) is 2. The molecule has 1 N–H and O–H groups in total. The van der Waals surface area contributed by atoms with Gasteiger partial charge >= 0.3 is 24.2 Å². The summed E-state index contributed by atoms with van der Waals surface area (Å²) < 4.78 is 149. The van der Waals surface area contributed by atoms with Crippen LogP contribution in [0.25, 0.3) is 0 Å². The Labute approximate surface area is 247 Å². The van der Waals surface area contributed by atoms with Gasteiger partial charge in [0.25, 0.3) is 11.8 Å². The molecule has 0 bridgehead atoms. The zero-order valence-electron chi connectivity index (χ0n) is 20.4. The van der Waals surface area contributed by atoms with Crippen LogP contribution in [-0.2, 0) is 11.8 Å². The Hall–Kier alpha value is -3.15. The molecule has 0 saturated carbocycles. The molecule has 2 amide bonds. The number of amides is 2. The van der Waals surface area contributed by atoms with Gasteiger partial charge in [0.05, 0.1) is 22.5 Å². The van der Waals surface area contributed by atoms with Gasteiger partial charge in [-0.15, -0.1) is 0 Å². The summed E-state index contributed by atoms with van der Waals surface area (Å²) in [4.78, 5) is 26.3. The topological polar surface area (TPSA) is 49.4 Å². The molecular weight excluding hydrogens is 732 g/mol. The Bertz CT molecular complexity index is 1510. The van der Waals surface area contributed by atoms with Crippen LogP contribution in [-0.4, -0.2) is 31.2 Å². The fourth-order valence-electron chi connectivity index (χ4n) is 3.67. The van der Waals surface area contributed by atoms with Gasteiger partial charge in [0.2, 0.25) is 0 Å². The summed E-state index contributed by atoms with van der Waals surface area (Å²) in [5.74, 6) is -3.80. The summed E-state index contributed by atoms with van der Waals surface area (Å²) in [6.07, 6.45) is -19.1. The van der Waals surface area contributed by atoms with E-state index in [9.17, 15) is 53.5 Å². The van der Waals surface area contributed by atoms with E-state index in [-0.39, 0.29) is 16.7 Å². The van der Waals surface area contributed by atoms with Crippen LogP contribution in [0.3, 0.4) is 0 Å². The molecule has 226 valence electrons. The van der Waals surface area contributed by atoms with Crippen molar-refractivity contribution in [2.24, 2.45) is 0 Å². The molecule has 0 aromatic heterocycles. The van der Waals surface area contributed by atoms with Gasteiger partial charge in [0.15, 0.2) is 5.82 Å². The average molecular weight is 745 g/mol. The summed E-state index contributed by atoms with van der Waals surface area (Å²) in [6.45, 7) is 0. The highest BCUT2D eigenvalue weighted by molar-refractivity contribution is 14.1. The third kappa shape index (κ3) is 6.28. The second kappa shape index (κ2) is 11.5. The first kappa shape index (κ1) is 33.4. The van der Waals surface area contributed by atoms with Gasteiger partial charge < -0.3 is 10.2 Å². The van der Waals surface area contributed by atoms with Gasteiger partial charge in [0.1, 0.15) is 0 Å². The standard InChI is InChI=1S/C25H13ClF11IN2O2/c1-40(21(42)11-5-7-13(26)8-6-11)17-4-2-3-14(18(17)27)20(41)39-19-15(23(29,30)31)9-12(10-16(19)38)22(28,24(32,33)34)25(35,36)37/h2-10H,1H3,(H,39,41). The van der Waals surface area contributed by atoms with Gasteiger partial charge in [-0.25, -0.2) is 8.78 Å². The number of nitrogens with zero attached hydrogens (tertiary/aromatic N) is 1. The molecule has 0 heterocycles. The van der Waals surface area contributed by atoms with E-state index >= 15 is 4.39 Å². The summed E-state index contributed by atoms with van der Waals surface area (Å²) in [5.41, 5.74) is -13.7. The van der Waals surface area contributed by atoms with E-state index in [1.165, 1.54) is 24.3 Å². The predicted octanol–water partition coefficient (Wildman–Crippen LogP) is 8.92. The van der Waals surface area contributed by atoms with Gasteiger partial charge in [-0.1, -0.05) is 17.7 Å². The number of halogens is 13. The fourth-order valence-corrected chi connectivity index (χ4v) is 4.56. The molecular formula is C25H13ClF11IN2O2. The highest BCUT2D eigenvalue weighted by Gasteiger charge is 2.73. The monoisotopic (exact) mass is 744 g/mol. The lowest BCUT2D eigenvalue weighted by atomic mass is 9.92. The van der Waals surface area contributed by atoms with Crippen molar-refractivity contribution in [2.45, 2.75) is 24.2 Å². The van der Waals surface area contributed by atoms with Crippen molar-refractivity contribution >= 4 is 57.4 Å². The number of carbonyl (C=O) groups excluding carboxylic acids is 2. The molecule has 0 unspecified atom stereocenters. The number of hydrogen-bond donors (Lipinski definition) is 1. The lowest BCUT2D eigenvalue weighted by molar-refractivity contribution is -0.348. The molecule has 0 aliphatic rings. The molecule has 4 nitrogen and oxygen atoms in total. The highest BCUT2D eigenvalue weighted by Crippen LogP contribution is 2.54. The van der Waals surface area contributed by atoms with E-state index < -0.39 is 79.5 Å². The number of benzene rings is 3. The van der Waals surface area contributed by atoms with Gasteiger partial charge in [-0.2, -0.15) is 39.5 Å². The summed E-state index contributed by atoms with van der Waals surface area (Å²) in [5, 5.41) is 1.91. The summed E-state index contributed by atoms with van der Waals surface area (Å²) in [7, 11) is 1.12. The van der Waals surface area contributed by atoms with E-state index in [1.807, 2.05) is 0 Å². The molecule has 3 rings (SSSR count). The first-order valence-electron chi connectivity index (χ1n) is 11.0. The smallest absolute Gasteiger partial charge is 0.320 e. The van der Waals surface area contributed by atoms with E-state index in [0.717, 1.165) is 52.7 Å². The van der Waals surface area contributed by atoms with Crippen LogP contribution >= 0.6 is 34.2 Å². The van der Waals surface area contributed by atoms with Crippen LogP contribution < -0.4 is 10.2 Å². The number of alkyl halides is 10. The SMILES string of the molecule is CN(C(=O)c1ccc(Cl)cc1)c1cccc(C(=O)Nc2c(I)cc(C(F)(C(F)(F)F)C(F)(F)F)cc2C(F)(F)F)c1F. The maximum Gasteiger partial charge on any atom is 0.435 e. The van der Waals surface area contributed by atoms with E-state index in [2.05, 4.69) is 0 Å². The first-order valence-corrected chi connectivity index (χ1v) is 12.4. The molecule has 17 heteroatoms. The Morgan fingerprint density at radius 2 is 1.40 bits per heavy atom. The van der Waals surface area contributed by atoms with E-state index in [0.29, 0.717) is 0 Å². The summed E-state index contributed by atoms with van der Waals surface area (Å²) >= 11 is 6.63. The van der Waals surface area contributed by atoms with Crippen LogP contribution in [0.5, 0.6) is 0 Å². The van der Waals surface area contributed by atoms with E-state index in [4.69, 9.17) is 11.6 Å². The molecule has 0 atom stereocenters. The van der Waals surface area contributed by atoms with Crippen molar-refractivity contribution in [3.8, 4) is 0 Å². The second-order valence-corrected chi connectivity index (χ2v) is 10.1. The van der Waals surface area contributed by atoms with Crippen molar-refractivity contribution in [1.82, 2.24) is 0 Å². The highest BCUT2D eigenvalue weighted by atomic mass is 127. The van der Waals surface area contributed by atoms with Crippen molar-refractivity contribution in [1.29, 1.82) is 0 Å². The van der Waals surface area contributed by atoms with Crippen LogP contribution in [0.15, 0.2) is 54.6 Å². The second-order valence-electron chi connectivity index (χ2n) is 8.50. The molecule has 0 aliphatic heterocycles. The van der Waals surface area contributed by atoms with E-state index in [1.54, 1.807) is 5.32 Å².